The maximum atomic E-state index is 12.8. The van der Waals surface area contributed by atoms with Gasteiger partial charge in [-0.3, -0.25) is 14.5 Å². The number of amides is 2. The van der Waals surface area contributed by atoms with Crippen molar-refractivity contribution in [3.63, 3.8) is 0 Å². The van der Waals surface area contributed by atoms with Crippen LogP contribution < -0.4 is 20.5 Å². The molecule has 2 heterocycles. The minimum atomic E-state index is -0.279. The van der Waals surface area contributed by atoms with Crippen LogP contribution in [0.4, 0.5) is 5.69 Å². The number of carbonyl (C=O) groups excluding carboxylic acids is 2. The van der Waals surface area contributed by atoms with Crippen molar-refractivity contribution >= 4 is 23.6 Å². The molecule has 7 heteroatoms. The molecule has 2 aromatic carbocycles. The number of nitrogens with two attached hydrogens (primary N) is 1. The first kappa shape index (κ1) is 20.9. The molecule has 2 amide bonds. The van der Waals surface area contributed by atoms with E-state index in [1.54, 1.807) is 0 Å². The van der Waals surface area contributed by atoms with Crippen LogP contribution in [-0.4, -0.2) is 42.5 Å². The number of carbonyl (C=O) groups is 2. The van der Waals surface area contributed by atoms with Crippen LogP contribution in [0.5, 0.6) is 11.5 Å². The second-order valence-corrected chi connectivity index (χ2v) is 7.75. The smallest absolute Gasteiger partial charge is 0.255 e. The van der Waals surface area contributed by atoms with E-state index in [9.17, 15) is 9.59 Å². The highest BCUT2D eigenvalue weighted by Gasteiger charge is 2.28. The normalized spacial score (nSPS) is 18.0. The molecule has 1 unspecified atom stereocenters. The monoisotopic (exact) mass is 421 g/mol. The van der Waals surface area contributed by atoms with Crippen molar-refractivity contribution in [1.82, 2.24) is 4.90 Å². The fourth-order valence-electron chi connectivity index (χ4n) is 4.11. The molecule has 2 aliphatic heterocycles. The van der Waals surface area contributed by atoms with Gasteiger partial charge in [0.2, 0.25) is 5.91 Å². The van der Waals surface area contributed by atoms with Crippen molar-refractivity contribution in [1.29, 1.82) is 0 Å². The standard InChI is InChI=1S/C24H27N3O4/c1-2-30-21-10-4-7-17-13-18(15-31-22(17)21)24(29)26-19-8-3-6-16(12-19)14-27-11-5-9-20(27)23(25)28/h3-4,6-8,10,12-13,20H,2,5,9,11,14-15H2,1H3,(H2,25,28)(H,26,29). The van der Waals surface area contributed by atoms with Gasteiger partial charge in [0.15, 0.2) is 11.5 Å². The average molecular weight is 421 g/mol. The third-order valence-corrected chi connectivity index (χ3v) is 5.57. The van der Waals surface area contributed by atoms with Gasteiger partial charge in [0, 0.05) is 17.8 Å². The van der Waals surface area contributed by atoms with E-state index in [1.807, 2.05) is 55.5 Å². The molecule has 162 valence electrons. The van der Waals surface area contributed by atoms with Gasteiger partial charge in [0.05, 0.1) is 18.2 Å². The number of para-hydroxylation sites is 1. The molecule has 0 aromatic heterocycles. The number of hydrogen-bond donors (Lipinski definition) is 2. The van der Waals surface area contributed by atoms with E-state index >= 15 is 0 Å². The Morgan fingerprint density at radius 2 is 2.10 bits per heavy atom. The number of rotatable bonds is 7. The minimum absolute atomic E-state index is 0.177. The maximum absolute atomic E-state index is 12.8. The molecule has 1 atom stereocenters. The summed E-state index contributed by atoms with van der Waals surface area (Å²) < 4.78 is 11.4. The van der Waals surface area contributed by atoms with Gasteiger partial charge in [-0.1, -0.05) is 24.3 Å². The topological polar surface area (TPSA) is 93.9 Å². The molecule has 1 fully saturated rings. The second kappa shape index (κ2) is 9.22. The predicted octanol–water partition coefficient (Wildman–Crippen LogP) is 2.95. The number of ether oxygens (including phenoxy) is 2. The fourth-order valence-corrected chi connectivity index (χ4v) is 4.11. The number of benzene rings is 2. The van der Waals surface area contributed by atoms with E-state index in [0.29, 0.717) is 35.9 Å². The van der Waals surface area contributed by atoms with Gasteiger partial charge in [-0.2, -0.15) is 0 Å². The van der Waals surface area contributed by atoms with E-state index in [4.69, 9.17) is 15.2 Å². The zero-order valence-electron chi connectivity index (χ0n) is 17.6. The molecule has 7 nitrogen and oxygen atoms in total. The summed E-state index contributed by atoms with van der Waals surface area (Å²) in [6, 6.07) is 13.1. The molecule has 0 saturated carbocycles. The summed E-state index contributed by atoms with van der Waals surface area (Å²) in [5.41, 5.74) is 8.60. The largest absolute Gasteiger partial charge is 0.490 e. The first-order valence-corrected chi connectivity index (χ1v) is 10.6. The van der Waals surface area contributed by atoms with E-state index in [0.717, 1.165) is 30.5 Å². The Morgan fingerprint density at radius 1 is 1.26 bits per heavy atom. The Hall–Kier alpha value is -3.32. The predicted molar refractivity (Wildman–Crippen MR) is 119 cm³/mol. The molecule has 0 spiro atoms. The summed E-state index contributed by atoms with van der Waals surface area (Å²) in [6.07, 6.45) is 3.60. The number of nitrogens with one attached hydrogen (secondary N) is 1. The second-order valence-electron chi connectivity index (χ2n) is 7.75. The Kier molecular flexibility index (Phi) is 6.23. The Balaban J connectivity index is 1.45. The average Bonchev–Trinajstić information content (AvgIpc) is 3.22. The molecule has 0 aliphatic carbocycles. The molecule has 3 N–H and O–H groups in total. The number of nitrogens with zero attached hydrogens (tertiary/aromatic N) is 1. The lowest BCUT2D eigenvalue weighted by atomic mass is 10.1. The highest BCUT2D eigenvalue weighted by atomic mass is 16.5. The number of likely N-dealkylation sites (tertiary alicyclic amines) is 1. The molecule has 4 rings (SSSR count). The first-order valence-electron chi connectivity index (χ1n) is 10.6. The third-order valence-electron chi connectivity index (χ3n) is 5.57. The summed E-state index contributed by atoms with van der Waals surface area (Å²) in [6.45, 7) is 4.11. The van der Waals surface area contributed by atoms with Crippen LogP contribution in [0, 0.1) is 0 Å². The summed E-state index contributed by atoms with van der Waals surface area (Å²) in [7, 11) is 0. The van der Waals surface area contributed by atoms with Gasteiger partial charge in [-0.05, 0) is 56.1 Å². The number of hydrogen-bond acceptors (Lipinski definition) is 5. The van der Waals surface area contributed by atoms with Crippen molar-refractivity contribution in [2.24, 2.45) is 5.73 Å². The van der Waals surface area contributed by atoms with Crippen LogP contribution in [0.2, 0.25) is 0 Å². The Morgan fingerprint density at radius 3 is 2.90 bits per heavy atom. The summed E-state index contributed by atoms with van der Waals surface area (Å²) in [5.74, 6) is 0.858. The first-order chi connectivity index (χ1) is 15.0. The molecular formula is C24H27N3O4. The van der Waals surface area contributed by atoms with E-state index in [2.05, 4.69) is 10.2 Å². The zero-order valence-corrected chi connectivity index (χ0v) is 17.6. The lowest BCUT2D eigenvalue weighted by molar-refractivity contribution is -0.122. The molecule has 0 bridgehead atoms. The zero-order chi connectivity index (χ0) is 21.8. The SMILES string of the molecule is CCOc1cccc2c1OCC(C(=O)Nc1cccc(CN3CCCC3C(N)=O)c1)=C2. The Labute approximate surface area is 181 Å². The van der Waals surface area contributed by atoms with Gasteiger partial charge in [0.1, 0.15) is 6.61 Å². The summed E-state index contributed by atoms with van der Waals surface area (Å²) in [5, 5.41) is 2.95. The van der Waals surface area contributed by atoms with Crippen molar-refractivity contribution in [2.75, 3.05) is 25.1 Å². The van der Waals surface area contributed by atoms with E-state index in [-0.39, 0.29) is 24.5 Å². The number of fused-ring (bicyclic) bond motifs is 1. The van der Waals surface area contributed by atoms with Crippen LogP contribution >= 0.6 is 0 Å². The fraction of sp³-hybridized carbons (Fsp3) is 0.333. The van der Waals surface area contributed by atoms with Crippen LogP contribution in [0.25, 0.3) is 6.08 Å². The number of primary amides is 1. The molecular weight excluding hydrogens is 394 g/mol. The van der Waals surface area contributed by atoms with Crippen LogP contribution in [0.1, 0.15) is 30.9 Å². The van der Waals surface area contributed by atoms with Crippen molar-refractivity contribution < 1.29 is 19.1 Å². The lowest BCUT2D eigenvalue weighted by Gasteiger charge is -2.22. The van der Waals surface area contributed by atoms with Gasteiger partial charge in [-0.25, -0.2) is 0 Å². The van der Waals surface area contributed by atoms with Gasteiger partial charge in [-0.15, -0.1) is 0 Å². The van der Waals surface area contributed by atoms with Crippen LogP contribution in [0.3, 0.4) is 0 Å². The minimum Gasteiger partial charge on any atom is -0.490 e. The van der Waals surface area contributed by atoms with Gasteiger partial charge < -0.3 is 20.5 Å². The van der Waals surface area contributed by atoms with Crippen LogP contribution in [-0.2, 0) is 16.1 Å². The molecule has 2 aromatic rings. The quantitative estimate of drug-likeness (QED) is 0.717. The molecule has 2 aliphatic rings. The Bertz CT molecular complexity index is 1020. The maximum Gasteiger partial charge on any atom is 0.255 e. The van der Waals surface area contributed by atoms with E-state index < -0.39 is 0 Å². The molecule has 31 heavy (non-hydrogen) atoms. The van der Waals surface area contributed by atoms with E-state index in [1.165, 1.54) is 0 Å². The van der Waals surface area contributed by atoms with Crippen molar-refractivity contribution in [3.05, 3.63) is 59.2 Å². The third kappa shape index (κ3) is 4.72. The summed E-state index contributed by atoms with van der Waals surface area (Å²) in [4.78, 5) is 26.5. The van der Waals surface area contributed by atoms with Crippen molar-refractivity contribution in [2.45, 2.75) is 32.4 Å². The molecule has 0 radical (unpaired) electrons. The van der Waals surface area contributed by atoms with Crippen molar-refractivity contribution in [3.8, 4) is 11.5 Å². The number of anilines is 1. The van der Waals surface area contributed by atoms with Gasteiger partial charge in [0.25, 0.3) is 5.91 Å². The highest BCUT2D eigenvalue weighted by molar-refractivity contribution is 6.07. The highest BCUT2D eigenvalue weighted by Crippen LogP contribution is 2.36. The van der Waals surface area contributed by atoms with Gasteiger partial charge >= 0.3 is 0 Å². The van der Waals surface area contributed by atoms with Crippen LogP contribution in [0.15, 0.2) is 48.0 Å². The summed E-state index contributed by atoms with van der Waals surface area (Å²) >= 11 is 0. The lowest BCUT2D eigenvalue weighted by Crippen LogP contribution is -2.39. The molecule has 1 saturated heterocycles.